The first-order valence-corrected chi connectivity index (χ1v) is 7.21. The topological polar surface area (TPSA) is 49.8 Å². The lowest BCUT2D eigenvalue weighted by atomic mass is 9.78. The van der Waals surface area contributed by atoms with Gasteiger partial charge in [-0.2, -0.15) is 0 Å². The van der Waals surface area contributed by atoms with Gasteiger partial charge in [0, 0.05) is 12.0 Å². The summed E-state index contributed by atoms with van der Waals surface area (Å²) in [6.45, 7) is 1.34. The van der Waals surface area contributed by atoms with Crippen LogP contribution in [-0.2, 0) is 9.53 Å². The summed E-state index contributed by atoms with van der Waals surface area (Å²) in [6, 6.07) is 0.369. The first kappa shape index (κ1) is 13.8. The van der Waals surface area contributed by atoms with Gasteiger partial charge in [0.05, 0.1) is 19.8 Å². The van der Waals surface area contributed by atoms with Crippen molar-refractivity contribution in [3.8, 4) is 0 Å². The van der Waals surface area contributed by atoms with Crippen molar-refractivity contribution >= 4 is 5.97 Å². The van der Waals surface area contributed by atoms with E-state index in [-0.39, 0.29) is 12.1 Å². The van der Waals surface area contributed by atoms with E-state index in [0.717, 1.165) is 38.6 Å². The standard InChI is InChI=1S/C14H25NO3/c1-18-14(17)10-15-9-5-4-7-12(15)11-6-2-3-8-13(11)16/h11-13,16H,2-10H2,1H3. The predicted octanol–water partition coefficient (Wildman–Crippen LogP) is 1.56. The summed E-state index contributed by atoms with van der Waals surface area (Å²) in [5.41, 5.74) is 0. The van der Waals surface area contributed by atoms with Gasteiger partial charge in [0.1, 0.15) is 0 Å². The number of likely N-dealkylation sites (tertiary alicyclic amines) is 1. The van der Waals surface area contributed by atoms with E-state index in [2.05, 4.69) is 4.90 Å². The Morgan fingerprint density at radius 1 is 1.22 bits per heavy atom. The molecule has 1 heterocycles. The summed E-state index contributed by atoms with van der Waals surface area (Å²) >= 11 is 0. The minimum absolute atomic E-state index is 0.160. The second kappa shape index (κ2) is 6.53. The highest BCUT2D eigenvalue weighted by Gasteiger charge is 2.36. The lowest BCUT2D eigenvalue weighted by Crippen LogP contribution is -2.50. The van der Waals surface area contributed by atoms with E-state index >= 15 is 0 Å². The zero-order valence-corrected chi connectivity index (χ0v) is 11.3. The van der Waals surface area contributed by atoms with Crippen molar-refractivity contribution in [1.29, 1.82) is 0 Å². The number of aliphatic hydroxyl groups is 1. The van der Waals surface area contributed by atoms with E-state index in [9.17, 15) is 9.90 Å². The predicted molar refractivity (Wildman–Crippen MR) is 69.2 cm³/mol. The SMILES string of the molecule is COC(=O)CN1CCCCC1C1CCCCC1O. The van der Waals surface area contributed by atoms with Crippen LogP contribution in [0.5, 0.6) is 0 Å². The average molecular weight is 255 g/mol. The Bertz CT molecular complexity index is 282. The molecule has 0 bridgehead atoms. The van der Waals surface area contributed by atoms with Gasteiger partial charge < -0.3 is 9.84 Å². The Morgan fingerprint density at radius 3 is 2.67 bits per heavy atom. The van der Waals surface area contributed by atoms with Gasteiger partial charge in [0.25, 0.3) is 0 Å². The fraction of sp³-hybridized carbons (Fsp3) is 0.929. The Morgan fingerprint density at radius 2 is 1.94 bits per heavy atom. The zero-order valence-electron chi connectivity index (χ0n) is 11.3. The van der Waals surface area contributed by atoms with Gasteiger partial charge in [0.2, 0.25) is 0 Å². The van der Waals surface area contributed by atoms with Crippen molar-refractivity contribution in [3.63, 3.8) is 0 Å². The maximum absolute atomic E-state index is 11.5. The molecule has 0 spiro atoms. The quantitative estimate of drug-likeness (QED) is 0.778. The average Bonchev–Trinajstić information content (AvgIpc) is 2.40. The molecule has 18 heavy (non-hydrogen) atoms. The van der Waals surface area contributed by atoms with E-state index in [4.69, 9.17) is 4.74 Å². The first-order chi connectivity index (χ1) is 8.72. The number of hydrogen-bond acceptors (Lipinski definition) is 4. The molecular weight excluding hydrogens is 230 g/mol. The number of rotatable bonds is 3. The molecule has 4 heteroatoms. The van der Waals surface area contributed by atoms with Crippen LogP contribution in [0.25, 0.3) is 0 Å². The highest BCUT2D eigenvalue weighted by Crippen LogP contribution is 2.33. The van der Waals surface area contributed by atoms with Crippen LogP contribution < -0.4 is 0 Å². The zero-order chi connectivity index (χ0) is 13.0. The van der Waals surface area contributed by atoms with Crippen LogP contribution in [0.2, 0.25) is 0 Å². The van der Waals surface area contributed by atoms with Crippen LogP contribution in [0.1, 0.15) is 44.9 Å². The Labute approximate surface area is 109 Å². The lowest BCUT2D eigenvalue weighted by Gasteiger charge is -2.43. The number of hydrogen-bond donors (Lipinski definition) is 1. The van der Waals surface area contributed by atoms with Gasteiger partial charge in [-0.1, -0.05) is 19.3 Å². The van der Waals surface area contributed by atoms with Crippen LogP contribution in [0.4, 0.5) is 0 Å². The molecule has 0 radical (unpaired) electrons. The fourth-order valence-corrected chi connectivity index (χ4v) is 3.52. The molecule has 2 rings (SSSR count). The number of piperidine rings is 1. The third kappa shape index (κ3) is 3.23. The number of esters is 1. The summed E-state index contributed by atoms with van der Waals surface area (Å²) in [6.07, 6.45) is 7.67. The summed E-state index contributed by atoms with van der Waals surface area (Å²) < 4.78 is 4.77. The number of aliphatic hydroxyl groups excluding tert-OH is 1. The highest BCUT2D eigenvalue weighted by atomic mass is 16.5. The number of carbonyl (C=O) groups is 1. The maximum atomic E-state index is 11.5. The molecule has 3 atom stereocenters. The highest BCUT2D eigenvalue weighted by molar-refractivity contribution is 5.71. The van der Waals surface area contributed by atoms with Crippen LogP contribution in [0.15, 0.2) is 0 Å². The Balaban J connectivity index is 1.99. The van der Waals surface area contributed by atoms with E-state index in [0.29, 0.717) is 18.5 Å². The molecule has 0 aromatic heterocycles. The first-order valence-electron chi connectivity index (χ1n) is 7.21. The van der Waals surface area contributed by atoms with Crippen molar-refractivity contribution in [2.24, 2.45) is 5.92 Å². The minimum atomic E-state index is -0.179. The monoisotopic (exact) mass is 255 g/mol. The molecule has 1 aliphatic carbocycles. The lowest BCUT2D eigenvalue weighted by molar-refractivity contribution is -0.144. The van der Waals surface area contributed by atoms with E-state index in [1.165, 1.54) is 20.0 Å². The molecule has 2 aliphatic rings. The van der Waals surface area contributed by atoms with Crippen LogP contribution in [-0.4, -0.2) is 48.3 Å². The summed E-state index contributed by atoms with van der Waals surface area (Å²) in [7, 11) is 1.44. The Hall–Kier alpha value is -0.610. The maximum Gasteiger partial charge on any atom is 0.319 e. The molecule has 0 aromatic carbocycles. The molecular formula is C14H25NO3. The third-order valence-corrected chi connectivity index (χ3v) is 4.50. The largest absolute Gasteiger partial charge is 0.468 e. The molecule has 104 valence electrons. The van der Waals surface area contributed by atoms with Gasteiger partial charge in [-0.05, 0) is 32.2 Å². The van der Waals surface area contributed by atoms with Crippen molar-refractivity contribution in [1.82, 2.24) is 4.90 Å². The molecule has 2 fully saturated rings. The normalized spacial score (nSPS) is 34.2. The number of ether oxygens (including phenoxy) is 1. The third-order valence-electron chi connectivity index (χ3n) is 4.50. The van der Waals surface area contributed by atoms with Crippen molar-refractivity contribution in [3.05, 3.63) is 0 Å². The summed E-state index contributed by atoms with van der Waals surface area (Å²) in [5, 5.41) is 10.2. The second-order valence-corrected chi connectivity index (χ2v) is 5.63. The summed E-state index contributed by atoms with van der Waals surface area (Å²) in [4.78, 5) is 13.7. The molecule has 0 amide bonds. The molecule has 1 N–H and O–H groups in total. The fourth-order valence-electron chi connectivity index (χ4n) is 3.52. The van der Waals surface area contributed by atoms with Crippen LogP contribution in [0.3, 0.4) is 0 Å². The van der Waals surface area contributed by atoms with Crippen molar-refractivity contribution in [2.45, 2.75) is 57.1 Å². The van der Waals surface area contributed by atoms with Gasteiger partial charge in [-0.3, -0.25) is 9.69 Å². The molecule has 4 nitrogen and oxygen atoms in total. The second-order valence-electron chi connectivity index (χ2n) is 5.63. The molecule has 1 saturated heterocycles. The molecule has 0 aromatic rings. The van der Waals surface area contributed by atoms with E-state index in [1.807, 2.05) is 0 Å². The van der Waals surface area contributed by atoms with E-state index in [1.54, 1.807) is 0 Å². The van der Waals surface area contributed by atoms with Crippen LogP contribution in [0, 0.1) is 5.92 Å². The van der Waals surface area contributed by atoms with Crippen LogP contribution >= 0.6 is 0 Å². The Kier molecular flexibility index (Phi) is 5.01. The molecule has 3 unspecified atom stereocenters. The number of methoxy groups -OCH3 is 1. The van der Waals surface area contributed by atoms with Crippen molar-refractivity contribution in [2.75, 3.05) is 20.2 Å². The van der Waals surface area contributed by atoms with E-state index < -0.39 is 0 Å². The summed E-state index contributed by atoms with van der Waals surface area (Å²) in [5.74, 6) is 0.191. The van der Waals surface area contributed by atoms with Gasteiger partial charge in [0.15, 0.2) is 0 Å². The van der Waals surface area contributed by atoms with Gasteiger partial charge >= 0.3 is 5.97 Å². The van der Waals surface area contributed by atoms with Crippen molar-refractivity contribution < 1.29 is 14.6 Å². The smallest absolute Gasteiger partial charge is 0.319 e. The molecule has 1 saturated carbocycles. The number of carbonyl (C=O) groups excluding carboxylic acids is 1. The minimum Gasteiger partial charge on any atom is -0.468 e. The van der Waals surface area contributed by atoms with Gasteiger partial charge in [-0.25, -0.2) is 0 Å². The molecule has 1 aliphatic heterocycles. The van der Waals surface area contributed by atoms with Gasteiger partial charge in [-0.15, -0.1) is 0 Å². The number of nitrogens with zero attached hydrogens (tertiary/aromatic N) is 1.